The van der Waals surface area contributed by atoms with Crippen molar-refractivity contribution in [1.82, 2.24) is 0 Å². The predicted molar refractivity (Wildman–Crippen MR) is 73.1 cm³/mol. The molecule has 0 radical (unpaired) electrons. The van der Waals surface area contributed by atoms with Crippen molar-refractivity contribution in [2.75, 3.05) is 13.7 Å². The number of ether oxygens (including phenoxy) is 1. The van der Waals surface area contributed by atoms with Gasteiger partial charge in [-0.25, -0.2) is 0 Å². The third-order valence-corrected chi connectivity index (χ3v) is 3.80. The maximum atomic E-state index is 5.98. The van der Waals surface area contributed by atoms with Gasteiger partial charge in [0.25, 0.3) is 0 Å². The Bertz CT molecular complexity index is 577. The molecular formula is C16H17NO. The number of hydrogen-bond acceptors (Lipinski definition) is 2. The third-order valence-electron chi connectivity index (χ3n) is 3.80. The molecule has 0 aromatic heterocycles. The molecule has 0 saturated carbocycles. The molecule has 0 saturated heterocycles. The summed E-state index contributed by atoms with van der Waals surface area (Å²) in [6, 6.07) is 14.8. The van der Waals surface area contributed by atoms with Gasteiger partial charge in [0, 0.05) is 24.4 Å². The van der Waals surface area contributed by atoms with E-state index in [1.54, 1.807) is 7.11 Å². The Morgan fingerprint density at radius 2 is 1.89 bits per heavy atom. The third kappa shape index (κ3) is 1.61. The molecule has 18 heavy (non-hydrogen) atoms. The summed E-state index contributed by atoms with van der Waals surface area (Å²) < 4.78 is 5.48. The van der Waals surface area contributed by atoms with Crippen molar-refractivity contribution in [3.8, 4) is 5.75 Å². The molecule has 2 N–H and O–H groups in total. The molecule has 2 heteroatoms. The van der Waals surface area contributed by atoms with Crippen LogP contribution >= 0.6 is 0 Å². The standard InChI is InChI=1S/C16H17NO/c1-18-16-8-4-7-13-14(16)9-11-5-2-3-6-12(11)15(13)10-17/h2-8,15H,9-10,17H2,1H3/t15-/m1/s1. The van der Waals surface area contributed by atoms with Crippen LogP contribution in [0.25, 0.3) is 0 Å². The Morgan fingerprint density at radius 3 is 2.67 bits per heavy atom. The summed E-state index contributed by atoms with van der Waals surface area (Å²) in [5.74, 6) is 1.26. The van der Waals surface area contributed by atoms with Crippen LogP contribution in [0.2, 0.25) is 0 Å². The smallest absolute Gasteiger partial charge is 0.122 e. The lowest BCUT2D eigenvalue weighted by Crippen LogP contribution is -2.21. The lowest BCUT2D eigenvalue weighted by Gasteiger charge is -2.28. The highest BCUT2D eigenvalue weighted by molar-refractivity contribution is 5.54. The van der Waals surface area contributed by atoms with Crippen molar-refractivity contribution >= 4 is 0 Å². The second-order valence-corrected chi connectivity index (χ2v) is 4.69. The summed E-state index contributed by atoms with van der Waals surface area (Å²) in [6.45, 7) is 0.636. The minimum Gasteiger partial charge on any atom is -0.496 e. The topological polar surface area (TPSA) is 35.2 Å². The van der Waals surface area contributed by atoms with Gasteiger partial charge < -0.3 is 10.5 Å². The van der Waals surface area contributed by atoms with Gasteiger partial charge >= 0.3 is 0 Å². The Hall–Kier alpha value is -1.80. The van der Waals surface area contributed by atoms with E-state index in [0.717, 1.165) is 12.2 Å². The highest BCUT2D eigenvalue weighted by Crippen LogP contribution is 2.39. The molecule has 0 spiro atoms. The van der Waals surface area contributed by atoms with E-state index in [0.29, 0.717) is 12.5 Å². The number of benzene rings is 2. The zero-order valence-electron chi connectivity index (χ0n) is 10.5. The average molecular weight is 239 g/mol. The van der Waals surface area contributed by atoms with Crippen LogP contribution in [-0.4, -0.2) is 13.7 Å². The maximum Gasteiger partial charge on any atom is 0.122 e. The lowest BCUT2D eigenvalue weighted by atomic mass is 9.78. The molecule has 2 aromatic carbocycles. The Labute approximate surface area is 107 Å². The van der Waals surface area contributed by atoms with E-state index >= 15 is 0 Å². The summed E-state index contributed by atoms with van der Waals surface area (Å²) in [6.07, 6.45) is 0.937. The van der Waals surface area contributed by atoms with E-state index < -0.39 is 0 Å². The van der Waals surface area contributed by atoms with Crippen molar-refractivity contribution in [1.29, 1.82) is 0 Å². The van der Waals surface area contributed by atoms with E-state index in [2.05, 4.69) is 30.3 Å². The first-order valence-corrected chi connectivity index (χ1v) is 6.28. The molecule has 0 heterocycles. The molecule has 0 aliphatic heterocycles. The van der Waals surface area contributed by atoms with E-state index in [1.165, 1.54) is 22.3 Å². The zero-order chi connectivity index (χ0) is 12.5. The maximum absolute atomic E-state index is 5.98. The second-order valence-electron chi connectivity index (χ2n) is 4.69. The average Bonchev–Trinajstić information content (AvgIpc) is 2.44. The molecule has 92 valence electrons. The van der Waals surface area contributed by atoms with Crippen LogP contribution in [0, 0.1) is 0 Å². The minimum absolute atomic E-state index is 0.292. The fourth-order valence-electron chi connectivity index (χ4n) is 2.94. The van der Waals surface area contributed by atoms with Gasteiger partial charge in [-0.1, -0.05) is 36.4 Å². The fourth-order valence-corrected chi connectivity index (χ4v) is 2.94. The van der Waals surface area contributed by atoms with Gasteiger partial charge in [0.05, 0.1) is 7.11 Å². The molecule has 0 bridgehead atoms. The van der Waals surface area contributed by atoms with Crippen LogP contribution in [-0.2, 0) is 6.42 Å². The molecule has 1 atom stereocenters. The molecule has 1 aliphatic carbocycles. The van der Waals surface area contributed by atoms with Crippen LogP contribution in [0.5, 0.6) is 5.75 Å². The lowest BCUT2D eigenvalue weighted by molar-refractivity contribution is 0.409. The molecule has 2 nitrogen and oxygen atoms in total. The minimum atomic E-state index is 0.292. The van der Waals surface area contributed by atoms with Crippen LogP contribution in [0.1, 0.15) is 28.2 Å². The summed E-state index contributed by atoms with van der Waals surface area (Å²) in [5, 5.41) is 0. The van der Waals surface area contributed by atoms with Crippen LogP contribution in [0.4, 0.5) is 0 Å². The molecular weight excluding hydrogens is 222 g/mol. The van der Waals surface area contributed by atoms with Crippen LogP contribution in [0.15, 0.2) is 42.5 Å². The molecule has 2 aromatic rings. The molecule has 0 unspecified atom stereocenters. The van der Waals surface area contributed by atoms with E-state index in [9.17, 15) is 0 Å². The van der Waals surface area contributed by atoms with Gasteiger partial charge in [-0.15, -0.1) is 0 Å². The first-order chi connectivity index (χ1) is 8.85. The largest absolute Gasteiger partial charge is 0.496 e. The van der Waals surface area contributed by atoms with Gasteiger partial charge in [-0.3, -0.25) is 0 Å². The number of methoxy groups -OCH3 is 1. The van der Waals surface area contributed by atoms with E-state index in [1.807, 2.05) is 12.1 Å². The Morgan fingerprint density at radius 1 is 1.11 bits per heavy atom. The summed E-state index contributed by atoms with van der Waals surface area (Å²) in [5.41, 5.74) is 11.3. The molecule has 1 aliphatic rings. The second kappa shape index (κ2) is 4.46. The SMILES string of the molecule is COc1cccc2c1Cc1ccccc1[C@H]2CN. The van der Waals surface area contributed by atoms with Crippen molar-refractivity contribution in [3.05, 3.63) is 64.7 Å². The number of hydrogen-bond donors (Lipinski definition) is 1. The fraction of sp³-hybridized carbons (Fsp3) is 0.250. The summed E-state index contributed by atoms with van der Waals surface area (Å²) in [4.78, 5) is 0. The van der Waals surface area contributed by atoms with Crippen molar-refractivity contribution in [2.24, 2.45) is 5.73 Å². The number of nitrogens with two attached hydrogens (primary N) is 1. The number of rotatable bonds is 2. The summed E-state index contributed by atoms with van der Waals surface area (Å²) in [7, 11) is 1.73. The monoisotopic (exact) mass is 239 g/mol. The molecule has 3 rings (SSSR count). The van der Waals surface area contributed by atoms with Gasteiger partial charge in [-0.05, 0) is 22.8 Å². The zero-order valence-corrected chi connectivity index (χ0v) is 10.5. The van der Waals surface area contributed by atoms with Gasteiger partial charge in [-0.2, -0.15) is 0 Å². The van der Waals surface area contributed by atoms with Gasteiger partial charge in [0.1, 0.15) is 5.75 Å². The quantitative estimate of drug-likeness (QED) is 0.874. The van der Waals surface area contributed by atoms with Crippen molar-refractivity contribution in [2.45, 2.75) is 12.3 Å². The van der Waals surface area contributed by atoms with E-state index in [4.69, 9.17) is 10.5 Å². The predicted octanol–water partition coefficient (Wildman–Crippen LogP) is 2.69. The normalized spacial score (nSPS) is 16.9. The Balaban J connectivity index is 2.20. The number of fused-ring (bicyclic) bond motifs is 2. The van der Waals surface area contributed by atoms with Crippen molar-refractivity contribution < 1.29 is 4.74 Å². The summed E-state index contributed by atoms with van der Waals surface area (Å²) >= 11 is 0. The van der Waals surface area contributed by atoms with E-state index in [-0.39, 0.29) is 0 Å². The molecule has 0 fully saturated rings. The Kier molecular flexibility index (Phi) is 2.80. The first kappa shape index (κ1) is 11.3. The highest BCUT2D eigenvalue weighted by Gasteiger charge is 2.25. The van der Waals surface area contributed by atoms with Gasteiger partial charge in [0.15, 0.2) is 0 Å². The highest BCUT2D eigenvalue weighted by atomic mass is 16.5. The molecule has 0 amide bonds. The van der Waals surface area contributed by atoms with Crippen LogP contribution in [0.3, 0.4) is 0 Å². The van der Waals surface area contributed by atoms with Crippen LogP contribution < -0.4 is 10.5 Å². The van der Waals surface area contributed by atoms with Crippen molar-refractivity contribution in [3.63, 3.8) is 0 Å². The van der Waals surface area contributed by atoms with Gasteiger partial charge in [0.2, 0.25) is 0 Å². The first-order valence-electron chi connectivity index (χ1n) is 6.28.